The lowest BCUT2D eigenvalue weighted by Gasteiger charge is -2.25. The third-order valence-electron chi connectivity index (χ3n) is 3.35. The van der Waals surface area contributed by atoms with Crippen LogP contribution < -0.4 is 5.32 Å². The van der Waals surface area contributed by atoms with E-state index in [-0.39, 0.29) is 11.2 Å². The maximum Gasteiger partial charge on any atom is 0.178 e. The van der Waals surface area contributed by atoms with E-state index in [0.29, 0.717) is 10.8 Å². The van der Waals surface area contributed by atoms with Crippen LogP contribution in [0.4, 0.5) is 5.69 Å². The highest BCUT2D eigenvalue weighted by molar-refractivity contribution is 7.91. The molecule has 0 bridgehead atoms. The van der Waals surface area contributed by atoms with Crippen LogP contribution in [-0.4, -0.2) is 26.6 Å². The number of rotatable bonds is 8. The van der Waals surface area contributed by atoms with Gasteiger partial charge in [0.2, 0.25) is 0 Å². The Bertz CT molecular complexity index is 509. The van der Waals surface area contributed by atoms with Crippen LogP contribution in [-0.2, 0) is 9.84 Å². The predicted molar refractivity (Wildman–Crippen MR) is 86.4 cm³/mol. The first-order chi connectivity index (χ1) is 9.30. The summed E-state index contributed by atoms with van der Waals surface area (Å²) in [4.78, 5) is 0.381. The highest BCUT2D eigenvalue weighted by Gasteiger charge is 2.17. The molecule has 0 aliphatic carbocycles. The van der Waals surface area contributed by atoms with Crippen molar-refractivity contribution in [1.82, 2.24) is 0 Å². The van der Waals surface area contributed by atoms with E-state index in [2.05, 4.69) is 19.2 Å². The third-order valence-corrected chi connectivity index (χ3v) is 5.37. The second kappa shape index (κ2) is 7.32. The van der Waals surface area contributed by atoms with E-state index in [9.17, 15) is 8.42 Å². The van der Waals surface area contributed by atoms with E-state index in [1.807, 2.05) is 12.1 Å². The summed E-state index contributed by atoms with van der Waals surface area (Å²) in [6.45, 7) is 6.88. The molecule has 5 heteroatoms. The lowest BCUT2D eigenvalue weighted by Crippen LogP contribution is -2.23. The van der Waals surface area contributed by atoms with Gasteiger partial charge in [-0.1, -0.05) is 20.8 Å². The minimum atomic E-state index is -3.11. The van der Waals surface area contributed by atoms with E-state index in [0.717, 1.165) is 25.1 Å². The maximum atomic E-state index is 11.7. The monoisotopic (exact) mass is 317 g/mol. The average molecular weight is 318 g/mol. The zero-order chi connectivity index (χ0) is 15.2. The van der Waals surface area contributed by atoms with E-state index in [4.69, 9.17) is 11.6 Å². The summed E-state index contributed by atoms with van der Waals surface area (Å²) >= 11 is 5.72. The molecule has 0 aliphatic heterocycles. The van der Waals surface area contributed by atoms with Crippen LogP contribution in [0, 0.1) is 5.41 Å². The number of alkyl halides is 1. The molecular formula is C15H24ClNO2S. The van der Waals surface area contributed by atoms with E-state index in [1.165, 1.54) is 0 Å². The number of benzene rings is 1. The fourth-order valence-electron chi connectivity index (χ4n) is 1.92. The second-order valence-electron chi connectivity index (χ2n) is 5.74. The second-order valence-corrected chi connectivity index (χ2v) is 8.39. The summed E-state index contributed by atoms with van der Waals surface area (Å²) in [6, 6.07) is 6.96. The lowest BCUT2D eigenvalue weighted by atomic mass is 9.88. The molecule has 1 aromatic carbocycles. The van der Waals surface area contributed by atoms with Crippen molar-refractivity contribution in [1.29, 1.82) is 0 Å². The molecule has 0 radical (unpaired) electrons. The van der Waals surface area contributed by atoms with E-state index >= 15 is 0 Å². The SMILES string of the molecule is CCS(=O)(=O)c1ccc(NCC(C)(C)CCCCl)cc1. The molecule has 114 valence electrons. The number of anilines is 1. The first kappa shape index (κ1) is 17.3. The molecule has 0 saturated carbocycles. The van der Waals surface area contributed by atoms with Gasteiger partial charge in [0, 0.05) is 18.1 Å². The normalized spacial score (nSPS) is 12.4. The highest BCUT2D eigenvalue weighted by atomic mass is 35.5. The molecule has 20 heavy (non-hydrogen) atoms. The van der Waals surface area contributed by atoms with Gasteiger partial charge >= 0.3 is 0 Å². The summed E-state index contributed by atoms with van der Waals surface area (Å²) in [5, 5.41) is 3.35. The average Bonchev–Trinajstić information content (AvgIpc) is 2.43. The van der Waals surface area contributed by atoms with Gasteiger partial charge in [-0.05, 0) is 42.5 Å². The summed E-state index contributed by atoms with van der Waals surface area (Å²) in [5.74, 6) is 0.818. The van der Waals surface area contributed by atoms with Crippen molar-refractivity contribution in [2.24, 2.45) is 5.41 Å². The van der Waals surface area contributed by atoms with Crippen LogP contribution in [0.3, 0.4) is 0 Å². The molecule has 1 rings (SSSR count). The van der Waals surface area contributed by atoms with E-state index in [1.54, 1.807) is 19.1 Å². The Labute approximate surface area is 127 Å². The minimum absolute atomic E-state index is 0.130. The zero-order valence-electron chi connectivity index (χ0n) is 12.4. The first-order valence-corrected chi connectivity index (χ1v) is 9.12. The topological polar surface area (TPSA) is 46.2 Å². The first-order valence-electron chi connectivity index (χ1n) is 6.93. The molecule has 0 fully saturated rings. The maximum absolute atomic E-state index is 11.7. The molecule has 0 aromatic heterocycles. The lowest BCUT2D eigenvalue weighted by molar-refractivity contribution is 0.355. The van der Waals surface area contributed by atoms with Crippen molar-refractivity contribution >= 4 is 27.1 Å². The van der Waals surface area contributed by atoms with Gasteiger partial charge in [-0.3, -0.25) is 0 Å². The van der Waals surface area contributed by atoms with Gasteiger partial charge in [-0.15, -0.1) is 11.6 Å². The van der Waals surface area contributed by atoms with Crippen LogP contribution >= 0.6 is 11.6 Å². The quantitative estimate of drug-likeness (QED) is 0.739. The van der Waals surface area contributed by atoms with Crippen molar-refractivity contribution in [2.75, 3.05) is 23.5 Å². The molecule has 3 nitrogen and oxygen atoms in total. The number of sulfone groups is 1. The molecule has 0 atom stereocenters. The van der Waals surface area contributed by atoms with Crippen LogP contribution in [0.25, 0.3) is 0 Å². The van der Waals surface area contributed by atoms with Crippen LogP contribution in [0.5, 0.6) is 0 Å². The number of halogens is 1. The van der Waals surface area contributed by atoms with Crippen LogP contribution in [0.1, 0.15) is 33.6 Å². The molecular weight excluding hydrogens is 294 g/mol. The van der Waals surface area contributed by atoms with Crippen molar-refractivity contribution in [3.8, 4) is 0 Å². The van der Waals surface area contributed by atoms with Gasteiger partial charge < -0.3 is 5.32 Å². The predicted octanol–water partition coefficient (Wildman–Crippen LogP) is 3.94. The van der Waals surface area contributed by atoms with Gasteiger partial charge in [0.25, 0.3) is 0 Å². The van der Waals surface area contributed by atoms with Crippen molar-refractivity contribution in [3.05, 3.63) is 24.3 Å². The Morgan fingerprint density at radius 3 is 2.30 bits per heavy atom. The molecule has 0 unspecified atom stereocenters. The zero-order valence-corrected chi connectivity index (χ0v) is 14.0. The fraction of sp³-hybridized carbons (Fsp3) is 0.600. The van der Waals surface area contributed by atoms with Crippen molar-refractivity contribution < 1.29 is 8.42 Å². The Balaban J connectivity index is 2.63. The molecule has 0 heterocycles. The Morgan fingerprint density at radius 1 is 1.20 bits per heavy atom. The summed E-state index contributed by atoms with van der Waals surface area (Å²) in [6.07, 6.45) is 2.07. The summed E-state index contributed by atoms with van der Waals surface area (Å²) in [5.41, 5.74) is 1.11. The minimum Gasteiger partial charge on any atom is -0.385 e. The van der Waals surface area contributed by atoms with E-state index < -0.39 is 9.84 Å². The number of hydrogen-bond donors (Lipinski definition) is 1. The van der Waals surface area contributed by atoms with Crippen LogP contribution in [0.2, 0.25) is 0 Å². The number of nitrogens with one attached hydrogen (secondary N) is 1. The Morgan fingerprint density at radius 2 is 1.80 bits per heavy atom. The Kier molecular flexibility index (Phi) is 6.34. The molecule has 1 N–H and O–H groups in total. The summed E-state index contributed by atoms with van der Waals surface area (Å²) in [7, 11) is -3.11. The fourth-order valence-corrected chi connectivity index (χ4v) is 2.94. The smallest absolute Gasteiger partial charge is 0.178 e. The highest BCUT2D eigenvalue weighted by Crippen LogP contribution is 2.24. The van der Waals surface area contributed by atoms with Gasteiger partial charge in [0.1, 0.15) is 0 Å². The standard InChI is InChI=1S/C15H24ClNO2S/c1-4-20(18,19)14-8-6-13(7-9-14)17-12-15(2,3)10-5-11-16/h6-9,17H,4-5,10-12H2,1-3H3. The largest absolute Gasteiger partial charge is 0.385 e. The number of hydrogen-bond acceptors (Lipinski definition) is 3. The van der Waals surface area contributed by atoms with Gasteiger partial charge in [0.15, 0.2) is 9.84 Å². The van der Waals surface area contributed by atoms with Gasteiger partial charge in [-0.2, -0.15) is 0 Å². The summed E-state index contributed by atoms with van der Waals surface area (Å²) < 4.78 is 23.4. The van der Waals surface area contributed by atoms with Crippen molar-refractivity contribution in [2.45, 2.75) is 38.5 Å². The Hall–Kier alpha value is -0.740. The van der Waals surface area contributed by atoms with Gasteiger partial charge in [0.05, 0.1) is 10.6 Å². The molecule has 0 saturated heterocycles. The molecule has 0 amide bonds. The molecule has 0 aliphatic rings. The molecule has 0 spiro atoms. The van der Waals surface area contributed by atoms with Gasteiger partial charge in [-0.25, -0.2) is 8.42 Å². The third kappa shape index (κ3) is 5.33. The van der Waals surface area contributed by atoms with Crippen LogP contribution in [0.15, 0.2) is 29.2 Å². The van der Waals surface area contributed by atoms with Crippen molar-refractivity contribution in [3.63, 3.8) is 0 Å². The molecule has 1 aromatic rings.